The van der Waals surface area contributed by atoms with E-state index in [9.17, 15) is 5.26 Å². The summed E-state index contributed by atoms with van der Waals surface area (Å²) < 4.78 is 0. The van der Waals surface area contributed by atoms with Crippen molar-refractivity contribution in [2.45, 2.75) is 6.92 Å². The summed E-state index contributed by atoms with van der Waals surface area (Å²) in [5.74, 6) is 0. The standard InChI is InChI=1S/C20H13ClN4/c1-12-9-17(25-24-12)19-18(14-5-3-2-4-6-14)15-10-13(11-22)7-8-16(15)23-20(19)21/h2-10H,1H3,(H,24,25). The van der Waals surface area contributed by atoms with Gasteiger partial charge in [0.05, 0.1) is 22.8 Å². The van der Waals surface area contributed by atoms with Crippen molar-refractivity contribution in [2.24, 2.45) is 0 Å². The van der Waals surface area contributed by atoms with Crippen molar-refractivity contribution in [2.75, 3.05) is 0 Å². The van der Waals surface area contributed by atoms with Crippen LogP contribution in [0.15, 0.2) is 54.6 Å². The topological polar surface area (TPSA) is 65.4 Å². The minimum atomic E-state index is 0.391. The summed E-state index contributed by atoms with van der Waals surface area (Å²) in [6, 6.07) is 19.5. The molecule has 4 nitrogen and oxygen atoms in total. The fourth-order valence-electron chi connectivity index (χ4n) is 2.99. The number of nitrogens with one attached hydrogen (secondary N) is 1. The van der Waals surface area contributed by atoms with Crippen LogP contribution in [0, 0.1) is 18.3 Å². The van der Waals surface area contributed by atoms with E-state index in [1.165, 1.54) is 0 Å². The molecule has 0 fully saturated rings. The monoisotopic (exact) mass is 344 g/mol. The minimum absolute atomic E-state index is 0.391. The Morgan fingerprint density at radius 1 is 1.04 bits per heavy atom. The number of benzene rings is 2. The van der Waals surface area contributed by atoms with Gasteiger partial charge in [0, 0.05) is 22.2 Å². The van der Waals surface area contributed by atoms with Gasteiger partial charge in [-0.3, -0.25) is 5.10 Å². The summed E-state index contributed by atoms with van der Waals surface area (Å²) in [5.41, 5.74) is 5.70. The average Bonchev–Trinajstić information content (AvgIpc) is 3.06. The van der Waals surface area contributed by atoms with Crippen LogP contribution < -0.4 is 0 Å². The maximum atomic E-state index is 9.29. The fourth-order valence-corrected chi connectivity index (χ4v) is 3.27. The lowest BCUT2D eigenvalue weighted by atomic mass is 9.94. The first-order chi connectivity index (χ1) is 12.2. The number of halogens is 1. The molecule has 2 heterocycles. The first kappa shape index (κ1) is 15.4. The number of aryl methyl sites for hydroxylation is 1. The Morgan fingerprint density at radius 3 is 2.52 bits per heavy atom. The Morgan fingerprint density at radius 2 is 1.84 bits per heavy atom. The molecule has 1 N–H and O–H groups in total. The van der Waals surface area contributed by atoms with Gasteiger partial charge in [-0.25, -0.2) is 4.98 Å². The second-order valence-electron chi connectivity index (χ2n) is 5.80. The number of H-pyrrole nitrogens is 1. The summed E-state index contributed by atoms with van der Waals surface area (Å²) in [6.45, 7) is 1.94. The highest BCUT2D eigenvalue weighted by Gasteiger charge is 2.19. The first-order valence-electron chi connectivity index (χ1n) is 7.78. The number of fused-ring (bicyclic) bond motifs is 1. The molecule has 0 aliphatic carbocycles. The summed E-state index contributed by atoms with van der Waals surface area (Å²) in [6.07, 6.45) is 0. The van der Waals surface area contributed by atoms with E-state index in [4.69, 9.17) is 11.6 Å². The van der Waals surface area contributed by atoms with E-state index in [1.807, 2.05) is 55.5 Å². The van der Waals surface area contributed by atoms with Crippen molar-refractivity contribution >= 4 is 22.5 Å². The SMILES string of the molecule is Cc1cc(-c2c(Cl)nc3ccc(C#N)cc3c2-c2ccccc2)n[nH]1. The molecule has 4 aromatic rings. The molecule has 4 rings (SSSR count). The van der Waals surface area contributed by atoms with Crippen molar-refractivity contribution in [3.8, 4) is 28.5 Å². The van der Waals surface area contributed by atoms with Crippen LogP contribution in [0.5, 0.6) is 0 Å². The van der Waals surface area contributed by atoms with Crippen molar-refractivity contribution in [3.63, 3.8) is 0 Å². The van der Waals surface area contributed by atoms with Gasteiger partial charge in [-0.2, -0.15) is 10.4 Å². The highest BCUT2D eigenvalue weighted by Crippen LogP contribution is 2.41. The Labute approximate surface area is 149 Å². The smallest absolute Gasteiger partial charge is 0.139 e. The van der Waals surface area contributed by atoms with E-state index >= 15 is 0 Å². The third-order valence-corrected chi connectivity index (χ3v) is 4.37. The van der Waals surface area contributed by atoms with Gasteiger partial charge in [0.15, 0.2) is 0 Å². The molecular weight excluding hydrogens is 332 g/mol. The zero-order valence-electron chi connectivity index (χ0n) is 13.4. The van der Waals surface area contributed by atoms with Crippen molar-refractivity contribution in [3.05, 3.63) is 71.0 Å². The molecule has 2 aromatic heterocycles. The Balaban J connectivity index is 2.17. The molecule has 2 aromatic carbocycles. The van der Waals surface area contributed by atoms with Gasteiger partial charge in [0.1, 0.15) is 5.15 Å². The van der Waals surface area contributed by atoms with Gasteiger partial charge in [-0.05, 0) is 36.8 Å². The van der Waals surface area contributed by atoms with Crippen LogP contribution in [0.3, 0.4) is 0 Å². The number of aromatic nitrogens is 3. The van der Waals surface area contributed by atoms with Gasteiger partial charge < -0.3 is 0 Å². The number of pyridine rings is 1. The molecule has 25 heavy (non-hydrogen) atoms. The molecule has 5 heteroatoms. The number of rotatable bonds is 2. The van der Waals surface area contributed by atoms with Crippen LogP contribution >= 0.6 is 11.6 Å². The largest absolute Gasteiger partial charge is 0.282 e. The third kappa shape index (κ3) is 2.65. The van der Waals surface area contributed by atoms with E-state index in [2.05, 4.69) is 21.3 Å². The number of hydrogen-bond acceptors (Lipinski definition) is 3. The van der Waals surface area contributed by atoms with Crippen molar-refractivity contribution < 1.29 is 0 Å². The third-order valence-electron chi connectivity index (χ3n) is 4.09. The van der Waals surface area contributed by atoms with Crippen LogP contribution in [0.1, 0.15) is 11.3 Å². The quantitative estimate of drug-likeness (QED) is 0.513. The van der Waals surface area contributed by atoms with Crippen molar-refractivity contribution in [1.82, 2.24) is 15.2 Å². The molecule has 120 valence electrons. The van der Waals surface area contributed by atoms with Crippen LogP contribution in [0.25, 0.3) is 33.3 Å². The van der Waals surface area contributed by atoms with Gasteiger partial charge in [-0.15, -0.1) is 0 Å². The van der Waals surface area contributed by atoms with Gasteiger partial charge >= 0.3 is 0 Å². The van der Waals surface area contributed by atoms with E-state index in [-0.39, 0.29) is 0 Å². The molecule has 0 spiro atoms. The minimum Gasteiger partial charge on any atom is -0.282 e. The molecule has 0 aliphatic heterocycles. The molecule has 0 saturated heterocycles. The zero-order valence-corrected chi connectivity index (χ0v) is 14.2. The predicted molar refractivity (Wildman–Crippen MR) is 99.2 cm³/mol. The second kappa shape index (κ2) is 6.04. The molecule has 0 unspecified atom stereocenters. The second-order valence-corrected chi connectivity index (χ2v) is 6.16. The summed E-state index contributed by atoms with van der Waals surface area (Å²) in [4.78, 5) is 4.52. The molecule has 0 radical (unpaired) electrons. The molecule has 0 saturated carbocycles. The maximum Gasteiger partial charge on any atom is 0.139 e. The highest BCUT2D eigenvalue weighted by atomic mass is 35.5. The predicted octanol–water partition coefficient (Wildman–Crippen LogP) is 5.13. The Hall–Kier alpha value is -3.16. The number of aromatic amines is 1. The van der Waals surface area contributed by atoms with E-state index < -0.39 is 0 Å². The number of nitriles is 1. The maximum absolute atomic E-state index is 9.29. The fraction of sp³-hybridized carbons (Fsp3) is 0.0500. The number of hydrogen-bond donors (Lipinski definition) is 1. The van der Waals surface area contributed by atoms with Gasteiger partial charge in [0.2, 0.25) is 0 Å². The molecular formula is C20H13ClN4. The van der Waals surface area contributed by atoms with Gasteiger partial charge in [0.25, 0.3) is 0 Å². The van der Waals surface area contributed by atoms with Gasteiger partial charge in [-0.1, -0.05) is 41.9 Å². The highest BCUT2D eigenvalue weighted by molar-refractivity contribution is 6.34. The lowest BCUT2D eigenvalue weighted by molar-refractivity contribution is 1.05. The Kier molecular flexibility index (Phi) is 3.72. The summed E-state index contributed by atoms with van der Waals surface area (Å²) in [7, 11) is 0. The molecule has 0 aliphatic rings. The Bertz CT molecular complexity index is 1120. The summed E-state index contributed by atoms with van der Waals surface area (Å²) >= 11 is 6.55. The average molecular weight is 345 g/mol. The van der Waals surface area contributed by atoms with Crippen LogP contribution in [0.4, 0.5) is 0 Å². The molecule has 0 atom stereocenters. The van der Waals surface area contributed by atoms with Crippen molar-refractivity contribution in [1.29, 1.82) is 5.26 Å². The molecule has 0 bridgehead atoms. The summed E-state index contributed by atoms with van der Waals surface area (Å²) in [5, 5.41) is 17.9. The first-order valence-corrected chi connectivity index (χ1v) is 8.16. The lowest BCUT2D eigenvalue weighted by Crippen LogP contribution is -1.94. The van der Waals surface area contributed by atoms with E-state index in [1.54, 1.807) is 6.07 Å². The molecule has 0 amide bonds. The lowest BCUT2D eigenvalue weighted by Gasteiger charge is -2.13. The van der Waals surface area contributed by atoms with Crippen LogP contribution in [0.2, 0.25) is 5.15 Å². The zero-order chi connectivity index (χ0) is 17.4. The van der Waals surface area contributed by atoms with Crippen LogP contribution in [-0.2, 0) is 0 Å². The normalized spacial score (nSPS) is 10.8. The van der Waals surface area contributed by atoms with E-state index in [0.717, 1.165) is 39.0 Å². The van der Waals surface area contributed by atoms with E-state index in [0.29, 0.717) is 10.7 Å². The number of nitrogens with zero attached hydrogens (tertiary/aromatic N) is 3. The van der Waals surface area contributed by atoms with Crippen LogP contribution in [-0.4, -0.2) is 15.2 Å².